The number of allylic oxidation sites excluding steroid dienone is 1. The summed E-state index contributed by atoms with van der Waals surface area (Å²) in [5.74, 6) is -1.01. The number of para-hydroxylation sites is 1. The molecule has 0 amide bonds. The van der Waals surface area contributed by atoms with Gasteiger partial charge in [-0.15, -0.1) is 0 Å². The molecule has 1 aromatic heterocycles. The number of aromatic nitrogens is 1. The van der Waals surface area contributed by atoms with Crippen molar-refractivity contribution >= 4 is 10.9 Å². The molecule has 7 nitrogen and oxygen atoms in total. The third kappa shape index (κ3) is 2.71. The molecule has 0 unspecified atom stereocenters. The summed E-state index contributed by atoms with van der Waals surface area (Å²) in [5.41, 5.74) is 0.854. The summed E-state index contributed by atoms with van der Waals surface area (Å²) in [7, 11) is 0. The van der Waals surface area contributed by atoms with Crippen LogP contribution < -0.4 is 4.57 Å². The van der Waals surface area contributed by atoms with Crippen LogP contribution in [0.2, 0.25) is 0 Å². The van der Waals surface area contributed by atoms with Gasteiger partial charge in [-0.1, -0.05) is 12.1 Å². The molecule has 0 saturated carbocycles. The van der Waals surface area contributed by atoms with Crippen LogP contribution in [0.3, 0.4) is 0 Å². The Bertz CT molecular complexity index is 660. The number of rotatable bonds is 4. The minimum absolute atomic E-state index is 0.0681. The first-order valence-electron chi connectivity index (χ1n) is 5.46. The zero-order valence-electron chi connectivity index (χ0n) is 9.80. The van der Waals surface area contributed by atoms with E-state index in [2.05, 4.69) is 0 Å². The predicted molar refractivity (Wildman–Crippen MR) is 66.2 cm³/mol. The van der Waals surface area contributed by atoms with Crippen molar-refractivity contribution in [2.24, 2.45) is 0 Å². The van der Waals surface area contributed by atoms with Gasteiger partial charge in [0.2, 0.25) is 5.52 Å². The number of pyridine rings is 1. The lowest BCUT2D eigenvalue weighted by Gasteiger charge is -1.97. The highest BCUT2D eigenvalue weighted by Crippen LogP contribution is 2.08. The van der Waals surface area contributed by atoms with Crippen LogP contribution in [0, 0.1) is 20.2 Å². The summed E-state index contributed by atoms with van der Waals surface area (Å²) >= 11 is 0. The third-order valence-electron chi connectivity index (χ3n) is 2.63. The van der Waals surface area contributed by atoms with Gasteiger partial charge in [-0.3, -0.25) is 20.2 Å². The fourth-order valence-electron chi connectivity index (χ4n) is 1.78. The number of benzene rings is 1. The van der Waals surface area contributed by atoms with E-state index in [1.54, 1.807) is 16.8 Å². The Labute approximate surface area is 107 Å². The van der Waals surface area contributed by atoms with Crippen LogP contribution in [0.25, 0.3) is 10.9 Å². The van der Waals surface area contributed by atoms with E-state index in [-0.39, 0.29) is 6.54 Å². The molecule has 96 valence electrons. The Morgan fingerprint density at radius 1 is 1.11 bits per heavy atom. The van der Waals surface area contributed by atoms with Crippen LogP contribution in [0.1, 0.15) is 0 Å². The Morgan fingerprint density at radius 3 is 2.42 bits per heavy atom. The van der Waals surface area contributed by atoms with E-state index in [4.69, 9.17) is 0 Å². The van der Waals surface area contributed by atoms with Crippen molar-refractivity contribution in [2.45, 2.75) is 6.54 Å². The molecule has 2 rings (SSSR count). The number of fused-ring (bicyclic) bond motifs is 1. The number of hydrogen-bond donors (Lipinski definition) is 0. The summed E-state index contributed by atoms with van der Waals surface area (Å²) in [6.07, 6.45) is 2.71. The lowest BCUT2D eigenvalue weighted by atomic mass is 10.2. The molecule has 1 heterocycles. The predicted octanol–water partition coefficient (Wildman–Crippen LogP) is 1.52. The molecule has 0 aliphatic rings. The molecule has 1 aromatic carbocycles. The fraction of sp³-hybridized carbons (Fsp3) is 0.0833. The smallest absolute Gasteiger partial charge is 0.253 e. The van der Waals surface area contributed by atoms with Crippen LogP contribution in [0.5, 0.6) is 0 Å². The number of nitro groups is 2. The van der Waals surface area contributed by atoms with Crippen LogP contribution in [0.4, 0.5) is 0 Å². The Morgan fingerprint density at radius 2 is 1.74 bits per heavy atom. The van der Waals surface area contributed by atoms with Crippen LogP contribution in [-0.2, 0) is 6.54 Å². The zero-order valence-corrected chi connectivity index (χ0v) is 9.80. The van der Waals surface area contributed by atoms with E-state index in [1.807, 2.05) is 30.3 Å². The number of hydrogen-bond acceptors (Lipinski definition) is 4. The molecule has 7 heteroatoms. The fourth-order valence-corrected chi connectivity index (χ4v) is 1.78. The van der Waals surface area contributed by atoms with Gasteiger partial charge in [0.05, 0.1) is 0 Å². The molecule has 0 saturated heterocycles. The average molecular weight is 260 g/mol. The lowest BCUT2D eigenvalue weighted by molar-refractivity contribution is -0.666. The summed E-state index contributed by atoms with van der Waals surface area (Å²) in [6, 6.07) is 11.1. The summed E-state index contributed by atoms with van der Waals surface area (Å²) in [6.45, 7) is 0.0681. The molecule has 19 heavy (non-hydrogen) atoms. The molecule has 0 N–H and O–H groups in total. The van der Waals surface area contributed by atoms with Gasteiger partial charge in [0.1, 0.15) is 15.9 Å². The van der Waals surface area contributed by atoms with Gasteiger partial charge in [-0.25, -0.2) is 0 Å². The second kappa shape index (κ2) is 5.21. The highest BCUT2D eigenvalue weighted by molar-refractivity contribution is 5.74. The second-order valence-corrected chi connectivity index (χ2v) is 3.80. The maximum atomic E-state index is 10.5. The summed E-state index contributed by atoms with van der Waals surface area (Å²) in [5, 5.41) is 22.0. The van der Waals surface area contributed by atoms with Gasteiger partial charge < -0.3 is 0 Å². The van der Waals surface area contributed by atoms with E-state index < -0.39 is 15.7 Å². The SMILES string of the molecule is O=[N+]([O-])C(=CC[n+]1cccc2ccccc21)[N+](=O)[O-]. The molecule has 0 atom stereocenters. The van der Waals surface area contributed by atoms with Gasteiger partial charge in [0.25, 0.3) is 0 Å². The quantitative estimate of drug-likeness (QED) is 0.473. The van der Waals surface area contributed by atoms with Crippen LogP contribution in [0.15, 0.2) is 54.5 Å². The molecule has 0 aliphatic carbocycles. The van der Waals surface area contributed by atoms with Crippen molar-refractivity contribution in [3.8, 4) is 0 Å². The normalized spacial score (nSPS) is 10.1. The van der Waals surface area contributed by atoms with Crippen molar-refractivity contribution in [1.29, 1.82) is 0 Å². The lowest BCUT2D eigenvalue weighted by Crippen LogP contribution is -2.33. The first kappa shape index (κ1) is 12.6. The monoisotopic (exact) mass is 260 g/mol. The van der Waals surface area contributed by atoms with Crippen molar-refractivity contribution in [2.75, 3.05) is 0 Å². The number of nitrogens with zero attached hydrogens (tertiary/aromatic N) is 3. The van der Waals surface area contributed by atoms with E-state index in [1.165, 1.54) is 0 Å². The van der Waals surface area contributed by atoms with E-state index >= 15 is 0 Å². The maximum absolute atomic E-state index is 10.5. The van der Waals surface area contributed by atoms with Crippen molar-refractivity contribution < 1.29 is 14.4 Å². The largest absolute Gasteiger partial charge is 0.560 e. The molecule has 0 aliphatic heterocycles. The van der Waals surface area contributed by atoms with Crippen LogP contribution in [-0.4, -0.2) is 9.85 Å². The van der Waals surface area contributed by atoms with Gasteiger partial charge in [-0.2, -0.15) is 4.57 Å². The highest BCUT2D eigenvalue weighted by atomic mass is 16.7. The highest BCUT2D eigenvalue weighted by Gasteiger charge is 2.25. The van der Waals surface area contributed by atoms with Crippen molar-refractivity contribution in [3.05, 3.63) is 74.7 Å². The molecule has 0 radical (unpaired) electrons. The molecular formula is C12H10N3O4+. The van der Waals surface area contributed by atoms with E-state index in [9.17, 15) is 20.2 Å². The minimum atomic E-state index is -1.01. The van der Waals surface area contributed by atoms with E-state index in [0.717, 1.165) is 17.0 Å². The first-order chi connectivity index (χ1) is 9.09. The maximum Gasteiger partial charge on any atom is 0.560 e. The third-order valence-corrected chi connectivity index (χ3v) is 2.63. The Hall–Kier alpha value is -2.83. The standard InChI is InChI=1S/C12H10N3O4/c16-14(17)12(15(18)19)7-9-13-8-3-5-10-4-1-2-6-11(10)13/h1-8H,9H2/q+1. The Balaban J connectivity index is 2.39. The second-order valence-electron chi connectivity index (χ2n) is 3.80. The average Bonchev–Trinajstić information content (AvgIpc) is 2.38. The van der Waals surface area contributed by atoms with E-state index in [0.29, 0.717) is 0 Å². The first-order valence-corrected chi connectivity index (χ1v) is 5.46. The van der Waals surface area contributed by atoms with Crippen molar-refractivity contribution in [1.82, 2.24) is 0 Å². The summed E-state index contributed by atoms with van der Waals surface area (Å²) in [4.78, 5) is 19.0. The van der Waals surface area contributed by atoms with Crippen molar-refractivity contribution in [3.63, 3.8) is 0 Å². The summed E-state index contributed by atoms with van der Waals surface area (Å²) < 4.78 is 1.71. The molecule has 2 aromatic rings. The Kier molecular flexibility index (Phi) is 3.46. The molecule has 0 fully saturated rings. The topological polar surface area (TPSA) is 90.2 Å². The molecule has 0 spiro atoms. The van der Waals surface area contributed by atoms with Gasteiger partial charge >= 0.3 is 5.82 Å². The minimum Gasteiger partial charge on any atom is -0.253 e. The van der Waals surface area contributed by atoms with Gasteiger partial charge in [0.15, 0.2) is 12.7 Å². The zero-order chi connectivity index (χ0) is 13.8. The van der Waals surface area contributed by atoms with Gasteiger partial charge in [0, 0.05) is 17.5 Å². The van der Waals surface area contributed by atoms with Gasteiger partial charge in [-0.05, 0) is 12.1 Å². The molecular weight excluding hydrogens is 250 g/mol. The van der Waals surface area contributed by atoms with Crippen LogP contribution >= 0.6 is 0 Å². The molecule has 0 bridgehead atoms.